The molecule has 126 valence electrons. The average molecular weight is 353 g/mol. The lowest BCUT2D eigenvalue weighted by Crippen LogP contribution is -2.21. The van der Waals surface area contributed by atoms with Crippen molar-refractivity contribution >= 4 is 29.1 Å². The molecule has 3 aromatic rings. The highest BCUT2D eigenvalue weighted by Crippen LogP contribution is 2.16. The zero-order valence-electron chi connectivity index (χ0n) is 13.7. The van der Waals surface area contributed by atoms with E-state index in [1.54, 1.807) is 36.5 Å². The van der Waals surface area contributed by atoms with Gasteiger partial charge < -0.3 is 10.2 Å². The molecule has 1 N–H and O–H groups in total. The lowest BCUT2D eigenvalue weighted by atomic mass is 10.2. The quantitative estimate of drug-likeness (QED) is 0.753. The zero-order valence-corrected chi connectivity index (χ0v) is 14.4. The van der Waals surface area contributed by atoms with Crippen molar-refractivity contribution in [2.45, 2.75) is 6.54 Å². The number of halogens is 1. The first-order valence-corrected chi connectivity index (χ1v) is 8.14. The van der Waals surface area contributed by atoms with Gasteiger partial charge in [0.2, 0.25) is 5.95 Å². The number of anilines is 2. The number of carbonyl (C=O) groups excluding carboxylic acids is 1. The average Bonchev–Trinajstić information content (AvgIpc) is 2.62. The van der Waals surface area contributed by atoms with E-state index in [9.17, 15) is 4.79 Å². The highest BCUT2D eigenvalue weighted by atomic mass is 35.5. The third kappa shape index (κ3) is 4.55. The van der Waals surface area contributed by atoms with Crippen molar-refractivity contribution in [2.24, 2.45) is 0 Å². The predicted octanol–water partition coefficient (Wildman–Crippen LogP) is 4.02. The summed E-state index contributed by atoms with van der Waals surface area (Å²) in [5.74, 6) is 0.182. The Hall–Kier alpha value is -2.92. The van der Waals surface area contributed by atoms with E-state index in [2.05, 4.69) is 15.3 Å². The molecule has 0 atom stereocenters. The second-order valence-corrected chi connectivity index (χ2v) is 5.98. The number of amides is 1. The topological polar surface area (TPSA) is 58.1 Å². The number of rotatable bonds is 5. The van der Waals surface area contributed by atoms with Crippen LogP contribution in [0.5, 0.6) is 0 Å². The van der Waals surface area contributed by atoms with Crippen LogP contribution in [0.4, 0.5) is 11.6 Å². The van der Waals surface area contributed by atoms with Crippen LogP contribution in [0.25, 0.3) is 0 Å². The lowest BCUT2D eigenvalue weighted by Gasteiger charge is -2.17. The Morgan fingerprint density at radius 2 is 1.92 bits per heavy atom. The number of aromatic nitrogens is 2. The monoisotopic (exact) mass is 352 g/mol. The molecule has 2 aromatic carbocycles. The highest BCUT2D eigenvalue weighted by Gasteiger charge is 2.12. The standard InChI is InChI=1S/C19H17ClN4O/c1-24(13-14-6-3-2-4-7-14)19-21-11-10-17(23-19)18(25)22-16-9-5-8-15(20)12-16/h2-12H,13H2,1H3,(H,22,25). The van der Waals surface area contributed by atoms with E-state index >= 15 is 0 Å². The summed E-state index contributed by atoms with van der Waals surface area (Å²) in [6.07, 6.45) is 1.58. The van der Waals surface area contributed by atoms with Crippen LogP contribution in [0.15, 0.2) is 66.9 Å². The van der Waals surface area contributed by atoms with Crippen LogP contribution in [0, 0.1) is 0 Å². The Bertz CT molecular complexity index is 870. The molecule has 5 nitrogen and oxygen atoms in total. The van der Waals surface area contributed by atoms with Gasteiger partial charge in [-0.3, -0.25) is 4.79 Å². The summed E-state index contributed by atoms with van der Waals surface area (Å²) in [5.41, 5.74) is 2.06. The van der Waals surface area contributed by atoms with Gasteiger partial charge in [-0.2, -0.15) is 0 Å². The van der Waals surface area contributed by atoms with Gasteiger partial charge in [0.25, 0.3) is 5.91 Å². The van der Waals surface area contributed by atoms with E-state index in [-0.39, 0.29) is 5.91 Å². The molecular formula is C19H17ClN4O. The Balaban J connectivity index is 1.73. The second-order valence-electron chi connectivity index (χ2n) is 5.55. The first-order chi connectivity index (χ1) is 12.1. The maximum atomic E-state index is 12.4. The van der Waals surface area contributed by atoms with Crippen LogP contribution in [-0.2, 0) is 6.54 Å². The van der Waals surface area contributed by atoms with Crippen LogP contribution < -0.4 is 10.2 Å². The summed E-state index contributed by atoms with van der Waals surface area (Å²) in [4.78, 5) is 22.9. The van der Waals surface area contributed by atoms with Gasteiger partial charge in [0.15, 0.2) is 0 Å². The minimum absolute atomic E-state index is 0.296. The van der Waals surface area contributed by atoms with E-state index in [0.717, 1.165) is 5.56 Å². The van der Waals surface area contributed by atoms with E-state index < -0.39 is 0 Å². The maximum Gasteiger partial charge on any atom is 0.274 e. The molecule has 1 amide bonds. The van der Waals surface area contributed by atoms with Gasteiger partial charge in [0.05, 0.1) is 0 Å². The Labute approximate surface area is 151 Å². The first kappa shape index (κ1) is 16.9. The van der Waals surface area contributed by atoms with Crippen molar-refractivity contribution in [3.8, 4) is 0 Å². The smallest absolute Gasteiger partial charge is 0.274 e. The van der Waals surface area contributed by atoms with Gasteiger partial charge in [-0.05, 0) is 29.8 Å². The predicted molar refractivity (Wildman–Crippen MR) is 100.0 cm³/mol. The van der Waals surface area contributed by atoms with Crippen LogP contribution in [0.2, 0.25) is 5.02 Å². The summed E-state index contributed by atoms with van der Waals surface area (Å²) in [6.45, 7) is 0.653. The molecule has 0 aliphatic rings. The first-order valence-electron chi connectivity index (χ1n) is 7.77. The summed E-state index contributed by atoms with van der Waals surface area (Å²) in [5, 5.41) is 3.34. The molecule has 0 saturated carbocycles. The Morgan fingerprint density at radius 1 is 1.12 bits per heavy atom. The van der Waals surface area contributed by atoms with Crippen molar-refractivity contribution in [1.29, 1.82) is 0 Å². The molecule has 0 bridgehead atoms. The van der Waals surface area contributed by atoms with Crippen molar-refractivity contribution in [2.75, 3.05) is 17.3 Å². The zero-order chi connectivity index (χ0) is 17.6. The molecule has 0 aliphatic heterocycles. The molecule has 0 radical (unpaired) electrons. The molecule has 0 fully saturated rings. The van der Waals surface area contributed by atoms with Gasteiger partial charge >= 0.3 is 0 Å². The molecule has 0 spiro atoms. The molecule has 6 heteroatoms. The van der Waals surface area contributed by atoms with E-state index in [4.69, 9.17) is 11.6 Å². The normalized spacial score (nSPS) is 10.3. The van der Waals surface area contributed by atoms with Crippen molar-refractivity contribution in [3.05, 3.63) is 83.1 Å². The SMILES string of the molecule is CN(Cc1ccccc1)c1nccc(C(=O)Nc2cccc(Cl)c2)n1. The van der Waals surface area contributed by atoms with Crippen LogP contribution >= 0.6 is 11.6 Å². The second kappa shape index (κ2) is 7.77. The summed E-state index contributed by atoms with van der Waals surface area (Å²) < 4.78 is 0. The third-order valence-electron chi connectivity index (χ3n) is 3.56. The van der Waals surface area contributed by atoms with E-state index in [1.807, 2.05) is 42.3 Å². The van der Waals surface area contributed by atoms with Crippen LogP contribution in [-0.4, -0.2) is 22.9 Å². The molecule has 3 rings (SSSR count). The molecular weight excluding hydrogens is 336 g/mol. The van der Waals surface area contributed by atoms with Crippen molar-refractivity contribution < 1.29 is 4.79 Å². The van der Waals surface area contributed by atoms with Gasteiger partial charge in [-0.1, -0.05) is 48.0 Å². The minimum Gasteiger partial charge on any atom is -0.340 e. The largest absolute Gasteiger partial charge is 0.340 e. The molecule has 25 heavy (non-hydrogen) atoms. The van der Waals surface area contributed by atoms with Crippen molar-refractivity contribution in [3.63, 3.8) is 0 Å². The summed E-state index contributed by atoms with van der Waals surface area (Å²) in [7, 11) is 1.89. The lowest BCUT2D eigenvalue weighted by molar-refractivity contribution is 0.102. The number of nitrogens with zero attached hydrogens (tertiary/aromatic N) is 3. The summed E-state index contributed by atoms with van der Waals surface area (Å²) >= 11 is 5.93. The molecule has 0 aliphatic carbocycles. The van der Waals surface area contributed by atoms with Gasteiger partial charge in [0, 0.05) is 30.5 Å². The van der Waals surface area contributed by atoms with Gasteiger partial charge in [0.1, 0.15) is 5.69 Å². The Morgan fingerprint density at radius 3 is 2.68 bits per heavy atom. The molecule has 1 aromatic heterocycles. The maximum absolute atomic E-state index is 12.4. The van der Waals surface area contributed by atoms with E-state index in [1.165, 1.54) is 0 Å². The van der Waals surface area contributed by atoms with E-state index in [0.29, 0.717) is 28.9 Å². The minimum atomic E-state index is -0.306. The Kier molecular flexibility index (Phi) is 5.26. The fourth-order valence-electron chi connectivity index (χ4n) is 2.35. The fraction of sp³-hybridized carbons (Fsp3) is 0.105. The number of nitrogens with one attached hydrogen (secondary N) is 1. The van der Waals surface area contributed by atoms with Crippen molar-refractivity contribution in [1.82, 2.24) is 9.97 Å². The molecule has 1 heterocycles. The highest BCUT2D eigenvalue weighted by molar-refractivity contribution is 6.30. The number of carbonyl (C=O) groups is 1. The number of hydrogen-bond acceptors (Lipinski definition) is 4. The van der Waals surface area contributed by atoms with Crippen LogP contribution in [0.1, 0.15) is 16.1 Å². The fourth-order valence-corrected chi connectivity index (χ4v) is 2.54. The van der Waals surface area contributed by atoms with Gasteiger partial charge in [-0.15, -0.1) is 0 Å². The van der Waals surface area contributed by atoms with Crippen LogP contribution in [0.3, 0.4) is 0 Å². The summed E-state index contributed by atoms with van der Waals surface area (Å²) in [6, 6.07) is 18.6. The molecule has 0 saturated heterocycles. The third-order valence-corrected chi connectivity index (χ3v) is 3.80. The molecule has 0 unspecified atom stereocenters. The number of benzene rings is 2. The number of hydrogen-bond donors (Lipinski definition) is 1. The van der Waals surface area contributed by atoms with Gasteiger partial charge in [-0.25, -0.2) is 9.97 Å².